The number of carbonyl (C=O) groups is 1. The van der Waals surface area contributed by atoms with E-state index in [2.05, 4.69) is 0 Å². The van der Waals surface area contributed by atoms with Crippen LogP contribution in [0.25, 0.3) is 0 Å². The van der Waals surface area contributed by atoms with Crippen molar-refractivity contribution in [3.8, 4) is 0 Å². The van der Waals surface area contributed by atoms with Crippen LogP contribution >= 0.6 is 0 Å². The van der Waals surface area contributed by atoms with E-state index in [9.17, 15) is 13.2 Å². The fraction of sp³-hybridized carbons (Fsp3) is 0.462. The number of benzene rings is 1. The molecule has 0 aliphatic heterocycles. The van der Waals surface area contributed by atoms with Crippen LogP contribution in [0.2, 0.25) is 0 Å². The summed E-state index contributed by atoms with van der Waals surface area (Å²) in [6.07, 6.45) is 0.461. The van der Waals surface area contributed by atoms with Crippen molar-refractivity contribution < 1.29 is 28.3 Å². The van der Waals surface area contributed by atoms with Crippen molar-refractivity contribution in [2.45, 2.75) is 44.6 Å². The third-order valence-corrected chi connectivity index (χ3v) is 4.05. The molecule has 1 aromatic rings. The van der Waals surface area contributed by atoms with Gasteiger partial charge in [0, 0.05) is 0 Å². The lowest BCUT2D eigenvalue weighted by molar-refractivity contribution is -0.142. The molecule has 6 N–H and O–H groups in total. The number of carboxylic acid groups (broad SMARTS) is 1. The zero-order valence-electron chi connectivity index (χ0n) is 12.5. The maximum atomic E-state index is 10.8. The van der Waals surface area contributed by atoms with Crippen molar-refractivity contribution in [2.75, 3.05) is 0 Å². The van der Waals surface area contributed by atoms with E-state index < -0.39 is 21.6 Å². The average Bonchev–Trinajstić information content (AvgIpc) is 2.31. The zero-order chi connectivity index (χ0) is 16.1. The minimum Gasteiger partial charge on any atom is -0.480 e. The molecule has 0 amide bonds. The number of carboxylic acids is 1. The fourth-order valence-electron chi connectivity index (χ4n) is 1.15. The topological polar surface area (TPSA) is 149 Å². The Morgan fingerprint density at radius 1 is 1.33 bits per heavy atom. The van der Waals surface area contributed by atoms with Gasteiger partial charge in [-0.05, 0) is 44.4 Å². The van der Waals surface area contributed by atoms with Crippen LogP contribution < -0.4 is 5.73 Å². The van der Waals surface area contributed by atoms with Gasteiger partial charge in [0.15, 0.2) is 0 Å². The predicted molar refractivity (Wildman–Crippen MR) is 79.9 cm³/mol. The first-order valence-corrected chi connectivity index (χ1v) is 7.43. The van der Waals surface area contributed by atoms with Crippen molar-refractivity contribution in [3.05, 3.63) is 29.3 Å². The van der Waals surface area contributed by atoms with Gasteiger partial charge in [-0.2, -0.15) is 8.42 Å². The molecule has 21 heavy (non-hydrogen) atoms. The standard InChI is InChI=1S/C8H10O3S.C5H11NO2.H2O/c1-6-4-3-5-8(7(6)2)12(9,10)11;1-3-5(2,6)4(7)8;/h3-5H,1-2H3,(H,9,10,11);3,6H2,1-2H3,(H,7,8);1H2. The summed E-state index contributed by atoms with van der Waals surface area (Å²) in [4.78, 5) is 10.1. The van der Waals surface area contributed by atoms with Crippen LogP contribution in [0.1, 0.15) is 31.4 Å². The molecule has 122 valence electrons. The average molecular weight is 321 g/mol. The van der Waals surface area contributed by atoms with Crippen molar-refractivity contribution in [1.82, 2.24) is 0 Å². The summed E-state index contributed by atoms with van der Waals surface area (Å²) in [5.41, 5.74) is 5.67. The van der Waals surface area contributed by atoms with Gasteiger partial charge >= 0.3 is 5.97 Å². The second kappa shape index (κ2) is 8.08. The summed E-state index contributed by atoms with van der Waals surface area (Å²) in [7, 11) is -4.06. The Hall–Kier alpha value is -1.48. The molecule has 7 nitrogen and oxygen atoms in total. The maximum absolute atomic E-state index is 10.8. The molecule has 1 unspecified atom stereocenters. The van der Waals surface area contributed by atoms with Crippen LogP contribution in [0.3, 0.4) is 0 Å². The first kappa shape index (κ1) is 21.8. The van der Waals surface area contributed by atoms with Crippen LogP contribution in [0.4, 0.5) is 0 Å². The Balaban J connectivity index is 0. The Morgan fingerprint density at radius 3 is 2.05 bits per heavy atom. The zero-order valence-corrected chi connectivity index (χ0v) is 13.4. The number of aryl methyl sites for hydroxylation is 1. The largest absolute Gasteiger partial charge is 0.480 e. The van der Waals surface area contributed by atoms with Crippen molar-refractivity contribution >= 4 is 16.1 Å². The smallest absolute Gasteiger partial charge is 0.323 e. The minimum atomic E-state index is -4.06. The van der Waals surface area contributed by atoms with Gasteiger partial charge in [-0.25, -0.2) is 0 Å². The number of nitrogens with two attached hydrogens (primary N) is 1. The molecule has 1 atom stereocenters. The molecular formula is C13H23NO6S. The van der Waals surface area contributed by atoms with Crippen LogP contribution in [0, 0.1) is 13.8 Å². The molecule has 8 heteroatoms. The Morgan fingerprint density at radius 2 is 1.81 bits per heavy atom. The number of aliphatic carboxylic acids is 1. The van der Waals surface area contributed by atoms with E-state index in [1.54, 1.807) is 32.9 Å². The number of hydrogen-bond acceptors (Lipinski definition) is 4. The van der Waals surface area contributed by atoms with E-state index in [-0.39, 0.29) is 10.4 Å². The maximum Gasteiger partial charge on any atom is 0.323 e. The van der Waals surface area contributed by atoms with Crippen molar-refractivity contribution in [3.63, 3.8) is 0 Å². The highest BCUT2D eigenvalue weighted by atomic mass is 32.2. The summed E-state index contributed by atoms with van der Waals surface area (Å²) in [6.45, 7) is 6.70. The van der Waals surface area contributed by atoms with Gasteiger partial charge in [-0.15, -0.1) is 0 Å². The molecule has 0 saturated heterocycles. The molecular weight excluding hydrogens is 298 g/mol. The summed E-state index contributed by atoms with van der Waals surface area (Å²) in [5, 5.41) is 8.32. The molecule has 0 radical (unpaired) electrons. The van der Waals surface area contributed by atoms with Crippen molar-refractivity contribution in [1.29, 1.82) is 0 Å². The Bertz CT molecular complexity index is 580. The fourth-order valence-corrected chi connectivity index (χ4v) is 1.95. The van der Waals surface area contributed by atoms with Crippen LogP contribution in [-0.2, 0) is 14.9 Å². The first-order valence-electron chi connectivity index (χ1n) is 5.99. The lowest BCUT2D eigenvalue weighted by Gasteiger charge is -2.14. The van der Waals surface area contributed by atoms with Gasteiger partial charge < -0.3 is 16.3 Å². The SMILES string of the molecule is CCC(C)(N)C(=O)O.Cc1cccc(S(=O)(=O)O)c1C.O. The van der Waals surface area contributed by atoms with Gasteiger partial charge in [0.1, 0.15) is 5.54 Å². The van der Waals surface area contributed by atoms with Gasteiger partial charge in [-0.1, -0.05) is 19.1 Å². The molecule has 0 bridgehead atoms. The highest BCUT2D eigenvalue weighted by Gasteiger charge is 2.24. The molecule has 0 heterocycles. The third kappa shape index (κ3) is 6.67. The van der Waals surface area contributed by atoms with E-state index in [4.69, 9.17) is 15.4 Å². The van der Waals surface area contributed by atoms with E-state index in [0.717, 1.165) is 5.56 Å². The summed E-state index contributed by atoms with van der Waals surface area (Å²) in [5.74, 6) is -0.944. The lowest BCUT2D eigenvalue weighted by atomic mass is 10.0. The van der Waals surface area contributed by atoms with Gasteiger partial charge in [0.2, 0.25) is 0 Å². The summed E-state index contributed by atoms with van der Waals surface area (Å²) >= 11 is 0. The van der Waals surface area contributed by atoms with E-state index in [0.29, 0.717) is 12.0 Å². The molecule has 1 aromatic carbocycles. The molecule has 0 spiro atoms. The number of rotatable bonds is 3. The van der Waals surface area contributed by atoms with Crippen LogP contribution in [-0.4, -0.2) is 35.1 Å². The van der Waals surface area contributed by atoms with Crippen LogP contribution in [0.15, 0.2) is 23.1 Å². The first-order chi connectivity index (χ1) is 8.93. The Kier molecular flexibility index (Phi) is 8.40. The molecule has 0 saturated carbocycles. The Labute approximate surface area is 124 Å². The van der Waals surface area contributed by atoms with Crippen LogP contribution in [0.5, 0.6) is 0 Å². The van der Waals surface area contributed by atoms with E-state index in [1.165, 1.54) is 13.0 Å². The quantitative estimate of drug-likeness (QED) is 0.705. The predicted octanol–water partition coefficient (Wildman–Crippen LogP) is 0.924. The summed E-state index contributed by atoms with van der Waals surface area (Å²) < 4.78 is 30.3. The second-order valence-electron chi connectivity index (χ2n) is 4.75. The highest BCUT2D eigenvalue weighted by molar-refractivity contribution is 7.85. The lowest BCUT2D eigenvalue weighted by Crippen LogP contribution is -2.43. The highest BCUT2D eigenvalue weighted by Crippen LogP contribution is 2.17. The molecule has 0 aliphatic rings. The molecule has 0 fully saturated rings. The third-order valence-electron chi connectivity index (χ3n) is 3.06. The molecule has 0 aliphatic carbocycles. The van der Waals surface area contributed by atoms with E-state index in [1.807, 2.05) is 0 Å². The molecule has 0 aromatic heterocycles. The van der Waals surface area contributed by atoms with Gasteiger partial charge in [-0.3, -0.25) is 9.35 Å². The monoisotopic (exact) mass is 321 g/mol. The normalized spacial score (nSPS) is 13.2. The van der Waals surface area contributed by atoms with E-state index >= 15 is 0 Å². The minimum absolute atomic E-state index is 0. The van der Waals surface area contributed by atoms with Crippen molar-refractivity contribution in [2.24, 2.45) is 5.73 Å². The molecule has 1 rings (SSSR count). The van der Waals surface area contributed by atoms with Gasteiger partial charge in [0.25, 0.3) is 10.1 Å². The second-order valence-corrected chi connectivity index (χ2v) is 6.14. The number of hydrogen-bond donors (Lipinski definition) is 3. The summed E-state index contributed by atoms with van der Waals surface area (Å²) in [6, 6.07) is 4.78. The van der Waals surface area contributed by atoms with Gasteiger partial charge in [0.05, 0.1) is 4.90 Å².